The largest absolute Gasteiger partial charge is 0.497 e. The Kier molecular flexibility index (Phi) is 8.41. The minimum atomic E-state index is -1.17. The number of aliphatic hydroxyl groups is 1. The number of nitro benzene ring substituents is 1. The Bertz CT molecular complexity index is 1930. The lowest BCUT2D eigenvalue weighted by Gasteiger charge is -2.37. The third-order valence-corrected chi connectivity index (χ3v) is 8.26. The van der Waals surface area contributed by atoms with E-state index in [9.17, 15) is 24.8 Å². The molecule has 12 nitrogen and oxygen atoms in total. The molecule has 2 heterocycles. The highest BCUT2D eigenvalue weighted by molar-refractivity contribution is 5.80. The molecule has 4 aromatic carbocycles. The summed E-state index contributed by atoms with van der Waals surface area (Å²) in [5.74, 6) is 1.34. The number of hydrogen-bond acceptors (Lipinski definition) is 9. The topological polar surface area (TPSA) is 155 Å². The highest BCUT2D eigenvalue weighted by Crippen LogP contribution is 2.43. The molecule has 0 unspecified atom stereocenters. The quantitative estimate of drug-likeness (QED) is 0.131. The first-order valence-corrected chi connectivity index (χ1v) is 14.5. The van der Waals surface area contributed by atoms with Gasteiger partial charge in [-0.15, -0.1) is 0 Å². The van der Waals surface area contributed by atoms with Crippen LogP contribution in [-0.2, 0) is 15.1 Å². The SMILES string of the molecule is COc1ccc(C(OC[C@H]2O[C@@H](n3c(=O)[nH]c(=O)c4cc([N+](=O)[O-])ccc43)C[C@@H]2O)(c2ccccc2)c2ccc(OC)cc2)cc1. The van der Waals surface area contributed by atoms with Gasteiger partial charge in [0.1, 0.15) is 29.4 Å². The number of nitrogens with one attached hydrogen (secondary N) is 1. The van der Waals surface area contributed by atoms with E-state index in [2.05, 4.69) is 4.98 Å². The predicted octanol–water partition coefficient (Wildman–Crippen LogP) is 4.27. The van der Waals surface area contributed by atoms with Crippen LogP contribution < -0.4 is 20.7 Å². The molecule has 1 aromatic heterocycles. The molecule has 2 N–H and O–H groups in total. The van der Waals surface area contributed by atoms with E-state index in [1.165, 1.54) is 16.7 Å². The molecule has 0 bridgehead atoms. The van der Waals surface area contributed by atoms with Crippen molar-refractivity contribution < 1.29 is 29.0 Å². The summed E-state index contributed by atoms with van der Waals surface area (Å²) >= 11 is 0. The highest BCUT2D eigenvalue weighted by atomic mass is 16.6. The van der Waals surface area contributed by atoms with Gasteiger partial charge >= 0.3 is 5.69 Å². The van der Waals surface area contributed by atoms with E-state index in [0.29, 0.717) is 11.5 Å². The van der Waals surface area contributed by atoms with Crippen molar-refractivity contribution in [3.8, 4) is 11.5 Å². The van der Waals surface area contributed by atoms with Gasteiger partial charge in [0.2, 0.25) is 0 Å². The summed E-state index contributed by atoms with van der Waals surface area (Å²) in [5, 5.41) is 22.5. The van der Waals surface area contributed by atoms with Crippen LogP contribution in [-0.4, -0.2) is 52.6 Å². The molecular formula is C34H31N3O9. The van der Waals surface area contributed by atoms with Crippen LogP contribution in [0, 0.1) is 10.1 Å². The first kappa shape index (κ1) is 30.7. The lowest BCUT2D eigenvalue weighted by atomic mass is 9.80. The molecule has 1 aliphatic rings. The number of non-ortho nitro benzene ring substituents is 1. The number of H-pyrrole nitrogens is 1. The van der Waals surface area contributed by atoms with Crippen molar-refractivity contribution in [2.45, 2.75) is 30.5 Å². The average Bonchev–Trinajstić information content (AvgIpc) is 3.45. The van der Waals surface area contributed by atoms with Crippen molar-refractivity contribution in [1.82, 2.24) is 9.55 Å². The first-order valence-electron chi connectivity index (χ1n) is 14.5. The fourth-order valence-corrected chi connectivity index (χ4v) is 5.95. The minimum Gasteiger partial charge on any atom is -0.497 e. The minimum absolute atomic E-state index is 0.00940. The van der Waals surface area contributed by atoms with Gasteiger partial charge in [-0.25, -0.2) is 4.79 Å². The summed E-state index contributed by atoms with van der Waals surface area (Å²) < 4.78 is 25.1. The number of hydrogen-bond donors (Lipinski definition) is 2. The number of aliphatic hydroxyl groups excluding tert-OH is 1. The van der Waals surface area contributed by atoms with Gasteiger partial charge in [0, 0.05) is 18.6 Å². The Morgan fingerprint density at radius 2 is 1.50 bits per heavy atom. The van der Waals surface area contributed by atoms with Gasteiger partial charge in [0.15, 0.2) is 0 Å². The van der Waals surface area contributed by atoms with E-state index in [1.54, 1.807) is 14.2 Å². The molecule has 46 heavy (non-hydrogen) atoms. The molecule has 3 atom stereocenters. The highest BCUT2D eigenvalue weighted by Gasteiger charge is 2.42. The first-order chi connectivity index (χ1) is 22.2. The van der Waals surface area contributed by atoms with Crippen LogP contribution in [0.15, 0.2) is 107 Å². The molecule has 0 saturated carbocycles. The van der Waals surface area contributed by atoms with E-state index >= 15 is 0 Å². The molecule has 1 fully saturated rings. The van der Waals surface area contributed by atoms with Gasteiger partial charge in [-0.05, 0) is 47.0 Å². The fraction of sp³-hybridized carbons (Fsp3) is 0.235. The summed E-state index contributed by atoms with van der Waals surface area (Å²) in [7, 11) is 3.18. The van der Waals surface area contributed by atoms with Crippen molar-refractivity contribution in [3.63, 3.8) is 0 Å². The van der Waals surface area contributed by atoms with Crippen LogP contribution in [0.3, 0.4) is 0 Å². The second-order valence-electron chi connectivity index (χ2n) is 10.8. The molecule has 0 aliphatic carbocycles. The number of aromatic amines is 1. The zero-order chi connectivity index (χ0) is 32.4. The maximum Gasteiger partial charge on any atom is 0.330 e. The van der Waals surface area contributed by atoms with Crippen molar-refractivity contribution in [1.29, 1.82) is 0 Å². The Morgan fingerprint density at radius 1 is 0.913 bits per heavy atom. The molecule has 1 aliphatic heterocycles. The number of aromatic nitrogens is 2. The van der Waals surface area contributed by atoms with Crippen LogP contribution in [0.4, 0.5) is 5.69 Å². The van der Waals surface area contributed by atoms with Gasteiger partial charge in [-0.3, -0.25) is 24.5 Å². The molecule has 236 valence electrons. The van der Waals surface area contributed by atoms with Crippen LogP contribution in [0.2, 0.25) is 0 Å². The molecule has 0 radical (unpaired) electrons. The third-order valence-electron chi connectivity index (χ3n) is 8.26. The molecule has 6 rings (SSSR count). The lowest BCUT2D eigenvalue weighted by molar-refractivity contribution is -0.384. The summed E-state index contributed by atoms with van der Waals surface area (Å²) in [5.41, 5.74) is -0.439. The van der Waals surface area contributed by atoms with Crippen molar-refractivity contribution in [2.24, 2.45) is 0 Å². The Labute approximate surface area is 262 Å². The third kappa shape index (κ3) is 5.53. The molecule has 0 spiro atoms. The maximum absolute atomic E-state index is 13.0. The van der Waals surface area contributed by atoms with Crippen LogP contribution in [0.5, 0.6) is 11.5 Å². The van der Waals surface area contributed by atoms with E-state index in [0.717, 1.165) is 22.8 Å². The molecule has 1 saturated heterocycles. The normalized spacial score (nSPS) is 18.0. The second kappa shape index (κ2) is 12.6. The number of nitro groups is 1. The maximum atomic E-state index is 13.0. The van der Waals surface area contributed by atoms with E-state index < -0.39 is 40.2 Å². The Morgan fingerprint density at radius 3 is 2.07 bits per heavy atom. The summed E-state index contributed by atoms with van der Waals surface area (Å²) in [4.78, 5) is 38.5. The van der Waals surface area contributed by atoms with E-state index in [-0.39, 0.29) is 29.6 Å². The number of fused-ring (bicyclic) bond motifs is 1. The van der Waals surface area contributed by atoms with Gasteiger partial charge in [-0.1, -0.05) is 54.6 Å². The summed E-state index contributed by atoms with van der Waals surface area (Å²) in [6.07, 6.45) is -2.89. The fourth-order valence-electron chi connectivity index (χ4n) is 5.95. The van der Waals surface area contributed by atoms with Crippen molar-refractivity contribution in [3.05, 3.63) is 145 Å². The van der Waals surface area contributed by atoms with Gasteiger partial charge < -0.3 is 24.1 Å². The number of methoxy groups -OCH3 is 2. The van der Waals surface area contributed by atoms with Crippen molar-refractivity contribution >= 4 is 16.6 Å². The molecule has 12 heteroatoms. The molecule has 5 aromatic rings. The number of ether oxygens (including phenoxy) is 4. The van der Waals surface area contributed by atoms with Crippen molar-refractivity contribution in [2.75, 3.05) is 20.8 Å². The van der Waals surface area contributed by atoms with E-state index in [4.69, 9.17) is 18.9 Å². The van der Waals surface area contributed by atoms with E-state index in [1.807, 2.05) is 78.9 Å². The van der Waals surface area contributed by atoms with Crippen LogP contribution >= 0.6 is 0 Å². The van der Waals surface area contributed by atoms with Crippen LogP contribution in [0.1, 0.15) is 29.3 Å². The zero-order valence-corrected chi connectivity index (χ0v) is 25.0. The standard InChI is InChI=1S/C34H31N3O9/c1-43-25-13-8-22(9-14-25)34(21-6-4-3-5-7-21,23-10-15-26(44-2)16-11-23)45-20-30-29(38)19-31(46-30)36-28-17-12-24(37(41)42)18-27(28)32(39)35-33(36)40/h3-18,29-31,38H,19-20H2,1-2H3,(H,35,39,40)/t29-,30+,31+/m0/s1. The number of benzene rings is 4. The number of rotatable bonds is 10. The number of nitrogens with zero attached hydrogens (tertiary/aromatic N) is 2. The summed E-state index contributed by atoms with van der Waals surface area (Å²) in [6, 6.07) is 28.3. The van der Waals surface area contributed by atoms with Gasteiger partial charge in [-0.2, -0.15) is 0 Å². The monoisotopic (exact) mass is 625 g/mol. The zero-order valence-electron chi connectivity index (χ0n) is 25.0. The predicted molar refractivity (Wildman–Crippen MR) is 168 cm³/mol. The molecule has 0 amide bonds. The van der Waals surface area contributed by atoms with Crippen LogP contribution in [0.25, 0.3) is 10.9 Å². The van der Waals surface area contributed by atoms with Gasteiger partial charge in [0.25, 0.3) is 11.2 Å². The van der Waals surface area contributed by atoms with Gasteiger partial charge in [0.05, 0.1) is 42.8 Å². The smallest absolute Gasteiger partial charge is 0.330 e. The summed E-state index contributed by atoms with van der Waals surface area (Å²) in [6.45, 7) is -0.0911. The lowest BCUT2D eigenvalue weighted by Crippen LogP contribution is -2.38. The average molecular weight is 626 g/mol. The Hall–Kier alpha value is -5.30. The Balaban J connectivity index is 1.39. The molecular weight excluding hydrogens is 594 g/mol. The second-order valence-corrected chi connectivity index (χ2v) is 10.8.